The van der Waals surface area contributed by atoms with Crippen LogP contribution in [0, 0.1) is 20.8 Å². The van der Waals surface area contributed by atoms with Crippen LogP contribution in [0.15, 0.2) is 12.1 Å². The van der Waals surface area contributed by atoms with E-state index >= 15 is 0 Å². The number of rotatable bonds is 5. The largest absolute Gasteiger partial charge is 0.342 e. The summed E-state index contributed by atoms with van der Waals surface area (Å²) in [5.41, 5.74) is 4.20. The Morgan fingerprint density at radius 1 is 0.962 bits per heavy atom. The number of likely N-dealkylation sites (N-methyl/N-ethyl adjacent to an activating group) is 1. The fourth-order valence-electron chi connectivity index (χ4n) is 3.68. The number of amides is 2. The third-order valence-corrected chi connectivity index (χ3v) is 4.97. The Balaban J connectivity index is 1.85. The molecule has 1 aromatic rings. The lowest BCUT2D eigenvalue weighted by Crippen LogP contribution is -2.42. The molecule has 1 fully saturated rings. The van der Waals surface area contributed by atoms with E-state index in [4.69, 9.17) is 0 Å². The van der Waals surface area contributed by atoms with E-state index in [0.29, 0.717) is 6.54 Å². The van der Waals surface area contributed by atoms with Gasteiger partial charge in [0, 0.05) is 18.8 Å². The first-order valence-electron chi connectivity index (χ1n) is 9.71. The van der Waals surface area contributed by atoms with Crippen molar-refractivity contribution in [3.63, 3.8) is 0 Å². The minimum atomic E-state index is -0.0805. The molecule has 1 N–H and O–H groups in total. The van der Waals surface area contributed by atoms with Gasteiger partial charge in [-0.05, 0) is 51.8 Å². The van der Waals surface area contributed by atoms with Gasteiger partial charge in [0.15, 0.2) is 0 Å². The van der Waals surface area contributed by atoms with Crippen LogP contribution in [0.3, 0.4) is 0 Å². The molecule has 0 aliphatic carbocycles. The minimum Gasteiger partial charge on any atom is -0.342 e. The normalized spacial score (nSPS) is 15.5. The molecule has 0 unspecified atom stereocenters. The predicted octanol–water partition coefficient (Wildman–Crippen LogP) is 3.27. The van der Waals surface area contributed by atoms with Crippen molar-refractivity contribution in [3.05, 3.63) is 28.8 Å². The first-order chi connectivity index (χ1) is 12.4. The van der Waals surface area contributed by atoms with Crippen LogP contribution >= 0.6 is 0 Å². The zero-order chi connectivity index (χ0) is 19.1. The van der Waals surface area contributed by atoms with Crippen molar-refractivity contribution < 1.29 is 9.59 Å². The highest BCUT2D eigenvalue weighted by Gasteiger charge is 2.18. The van der Waals surface area contributed by atoms with Crippen molar-refractivity contribution in [2.75, 3.05) is 38.5 Å². The van der Waals surface area contributed by atoms with Crippen molar-refractivity contribution in [1.29, 1.82) is 0 Å². The van der Waals surface area contributed by atoms with Gasteiger partial charge in [-0.3, -0.25) is 14.5 Å². The Morgan fingerprint density at radius 3 is 2.08 bits per heavy atom. The smallest absolute Gasteiger partial charge is 0.238 e. The van der Waals surface area contributed by atoms with Gasteiger partial charge in [0.2, 0.25) is 11.8 Å². The summed E-state index contributed by atoms with van der Waals surface area (Å²) in [6, 6.07) is 4.13. The standard InChI is InChI=1S/C21H33N3O2/c1-16-12-17(2)21(18(3)13-16)22-19(25)14-23(4)15-20(26)24-10-8-6-5-7-9-11-24/h12-13H,5-11,14-15H2,1-4H3,(H,22,25). The van der Waals surface area contributed by atoms with Crippen molar-refractivity contribution in [3.8, 4) is 0 Å². The number of anilines is 1. The zero-order valence-corrected chi connectivity index (χ0v) is 16.7. The van der Waals surface area contributed by atoms with Gasteiger partial charge in [-0.2, -0.15) is 0 Å². The van der Waals surface area contributed by atoms with E-state index in [9.17, 15) is 9.59 Å². The third kappa shape index (κ3) is 6.13. The summed E-state index contributed by atoms with van der Waals surface area (Å²) in [5.74, 6) is 0.0490. The van der Waals surface area contributed by atoms with Crippen LogP contribution in [0.1, 0.15) is 48.8 Å². The van der Waals surface area contributed by atoms with E-state index in [2.05, 4.69) is 24.4 Å². The molecule has 5 heteroatoms. The van der Waals surface area contributed by atoms with Crippen molar-refractivity contribution >= 4 is 17.5 Å². The maximum Gasteiger partial charge on any atom is 0.238 e. The van der Waals surface area contributed by atoms with Gasteiger partial charge < -0.3 is 10.2 Å². The molecule has 1 heterocycles. The van der Waals surface area contributed by atoms with Gasteiger partial charge in [0.25, 0.3) is 0 Å². The topological polar surface area (TPSA) is 52.7 Å². The molecule has 0 aromatic heterocycles. The highest BCUT2D eigenvalue weighted by Crippen LogP contribution is 2.21. The molecule has 0 saturated carbocycles. The molecule has 0 bridgehead atoms. The number of benzene rings is 1. The molecule has 1 aromatic carbocycles. The summed E-state index contributed by atoms with van der Waals surface area (Å²) in [6.45, 7) is 8.26. The van der Waals surface area contributed by atoms with Gasteiger partial charge in [0.05, 0.1) is 13.1 Å². The monoisotopic (exact) mass is 359 g/mol. The van der Waals surface area contributed by atoms with Crippen LogP contribution in [-0.2, 0) is 9.59 Å². The van der Waals surface area contributed by atoms with Gasteiger partial charge in [-0.15, -0.1) is 0 Å². The minimum absolute atomic E-state index is 0.0805. The number of nitrogens with one attached hydrogen (secondary N) is 1. The molecule has 2 amide bonds. The molecule has 0 atom stereocenters. The number of carbonyl (C=O) groups excluding carboxylic acids is 2. The predicted molar refractivity (Wildman–Crippen MR) is 106 cm³/mol. The SMILES string of the molecule is Cc1cc(C)c(NC(=O)CN(C)CC(=O)N2CCCCCCC2)c(C)c1. The maximum absolute atomic E-state index is 12.5. The Kier molecular flexibility index (Phi) is 7.64. The molecule has 26 heavy (non-hydrogen) atoms. The van der Waals surface area contributed by atoms with Crippen LogP contribution in [0.5, 0.6) is 0 Å². The quantitative estimate of drug-likeness (QED) is 0.878. The Morgan fingerprint density at radius 2 is 1.50 bits per heavy atom. The van der Waals surface area contributed by atoms with Crippen molar-refractivity contribution in [2.24, 2.45) is 0 Å². The van der Waals surface area contributed by atoms with E-state index in [1.54, 1.807) is 4.90 Å². The highest BCUT2D eigenvalue weighted by atomic mass is 16.2. The van der Waals surface area contributed by atoms with Gasteiger partial charge in [-0.1, -0.05) is 37.0 Å². The summed E-state index contributed by atoms with van der Waals surface area (Å²) < 4.78 is 0. The molecule has 5 nitrogen and oxygen atoms in total. The molecule has 1 aliphatic heterocycles. The second kappa shape index (κ2) is 9.72. The van der Waals surface area contributed by atoms with Crippen LogP contribution in [0.25, 0.3) is 0 Å². The number of hydrogen-bond donors (Lipinski definition) is 1. The molecule has 2 rings (SSSR count). The first-order valence-corrected chi connectivity index (χ1v) is 9.71. The van der Waals surface area contributed by atoms with E-state index in [0.717, 1.165) is 42.7 Å². The van der Waals surface area contributed by atoms with Crippen LogP contribution in [-0.4, -0.2) is 54.8 Å². The van der Waals surface area contributed by atoms with E-state index < -0.39 is 0 Å². The summed E-state index contributed by atoms with van der Waals surface area (Å²) in [5, 5.41) is 3.00. The van der Waals surface area contributed by atoms with Crippen LogP contribution in [0.2, 0.25) is 0 Å². The Labute approximate surface area is 157 Å². The van der Waals surface area contributed by atoms with E-state index in [1.165, 1.54) is 24.8 Å². The lowest BCUT2D eigenvalue weighted by molar-refractivity contribution is -0.132. The Bertz CT molecular complexity index is 611. The lowest BCUT2D eigenvalue weighted by Gasteiger charge is -2.27. The highest BCUT2D eigenvalue weighted by molar-refractivity contribution is 5.94. The fourth-order valence-corrected chi connectivity index (χ4v) is 3.68. The summed E-state index contributed by atoms with van der Waals surface area (Å²) in [6.07, 6.45) is 5.86. The second-order valence-electron chi connectivity index (χ2n) is 7.64. The lowest BCUT2D eigenvalue weighted by atomic mass is 10.1. The number of carbonyl (C=O) groups is 2. The molecule has 1 aliphatic rings. The molecule has 144 valence electrons. The van der Waals surface area contributed by atoms with Crippen LogP contribution < -0.4 is 5.32 Å². The molecule has 1 saturated heterocycles. The summed E-state index contributed by atoms with van der Waals surface area (Å²) in [7, 11) is 1.83. The maximum atomic E-state index is 12.5. The van der Waals surface area contributed by atoms with E-state index in [-0.39, 0.29) is 18.4 Å². The van der Waals surface area contributed by atoms with Crippen molar-refractivity contribution in [2.45, 2.75) is 52.9 Å². The summed E-state index contributed by atoms with van der Waals surface area (Å²) in [4.78, 5) is 28.7. The third-order valence-electron chi connectivity index (χ3n) is 4.97. The van der Waals surface area contributed by atoms with Gasteiger partial charge >= 0.3 is 0 Å². The first kappa shape index (κ1) is 20.4. The Hall–Kier alpha value is -1.88. The van der Waals surface area contributed by atoms with E-state index in [1.807, 2.05) is 25.8 Å². The zero-order valence-electron chi connectivity index (χ0n) is 16.7. The van der Waals surface area contributed by atoms with Crippen molar-refractivity contribution in [1.82, 2.24) is 9.80 Å². The molecular weight excluding hydrogens is 326 g/mol. The average molecular weight is 360 g/mol. The van der Waals surface area contributed by atoms with Crippen LogP contribution in [0.4, 0.5) is 5.69 Å². The second-order valence-corrected chi connectivity index (χ2v) is 7.64. The number of nitrogens with zero attached hydrogens (tertiary/aromatic N) is 2. The summed E-state index contributed by atoms with van der Waals surface area (Å²) >= 11 is 0. The molecule has 0 radical (unpaired) electrons. The molecular formula is C21H33N3O2. The fraction of sp³-hybridized carbons (Fsp3) is 0.619. The van der Waals surface area contributed by atoms with Gasteiger partial charge in [0.1, 0.15) is 0 Å². The van der Waals surface area contributed by atoms with Gasteiger partial charge in [-0.25, -0.2) is 0 Å². The number of likely N-dealkylation sites (tertiary alicyclic amines) is 1. The average Bonchev–Trinajstić information content (AvgIpc) is 2.50. The number of aryl methyl sites for hydroxylation is 3. The number of hydrogen-bond acceptors (Lipinski definition) is 3. The molecule has 0 spiro atoms.